The highest BCUT2D eigenvalue weighted by Crippen LogP contribution is 2.28. The number of aliphatic hydroxyl groups excluding tert-OH is 1. The van der Waals surface area contributed by atoms with E-state index in [1.807, 2.05) is 0 Å². The first-order valence-electron chi connectivity index (χ1n) is 8.42. The van der Waals surface area contributed by atoms with Gasteiger partial charge >= 0.3 is 0 Å². The number of carbonyl (C=O) groups excluding carboxylic acids is 2. The van der Waals surface area contributed by atoms with E-state index in [0.717, 1.165) is 19.3 Å². The van der Waals surface area contributed by atoms with Crippen molar-refractivity contribution in [1.29, 1.82) is 0 Å². The topological polar surface area (TPSA) is 54.4 Å². The fourth-order valence-electron chi connectivity index (χ4n) is 2.96. The predicted octanol–water partition coefficient (Wildman–Crippen LogP) is 5.17. The number of allylic oxidation sites excluding steroid dienone is 2. The van der Waals surface area contributed by atoms with Gasteiger partial charge in [-0.25, -0.2) is 0 Å². The molecule has 0 aliphatic heterocycles. The number of Topliss-reactive ketones (excluding diaryl/α,β-unsaturated/α-hetero) is 2. The Bertz CT molecular complexity index is 638. The fraction of sp³-hybridized carbons (Fsp3) is 0.474. The van der Waals surface area contributed by atoms with Crippen LogP contribution in [0, 0.1) is 0 Å². The third-order valence-corrected chi connectivity index (χ3v) is 6.15. The van der Waals surface area contributed by atoms with E-state index in [4.69, 9.17) is 0 Å². The summed E-state index contributed by atoms with van der Waals surface area (Å²) < 4.78 is 0. The lowest BCUT2D eigenvalue weighted by molar-refractivity contribution is 0.0926. The molecule has 1 aliphatic rings. The predicted molar refractivity (Wildman–Crippen MR) is 96.0 cm³/mol. The SMILES string of the molecule is C[Si](C)(C)CCCCCCC1=C(O)C(=O)c2ccccc2C1=O. The number of fused-ring (bicyclic) bond motifs is 1. The highest BCUT2D eigenvalue weighted by atomic mass is 28.3. The van der Waals surface area contributed by atoms with Crippen molar-refractivity contribution in [2.75, 3.05) is 0 Å². The van der Waals surface area contributed by atoms with Crippen LogP contribution in [0.3, 0.4) is 0 Å². The van der Waals surface area contributed by atoms with Crippen molar-refractivity contribution in [1.82, 2.24) is 0 Å². The van der Waals surface area contributed by atoms with Crippen molar-refractivity contribution >= 4 is 19.6 Å². The maximum Gasteiger partial charge on any atom is 0.228 e. The number of ketones is 2. The zero-order chi connectivity index (χ0) is 17.0. The standard InChI is InChI=1S/C19H26O3Si/c1-23(2,3)13-9-5-4-6-12-16-17(20)14-10-7-8-11-15(14)18(21)19(16)22/h7-8,10-11,22H,4-6,9,12-13H2,1-3H3. The zero-order valence-corrected chi connectivity index (χ0v) is 15.3. The molecule has 2 rings (SSSR count). The van der Waals surface area contributed by atoms with Crippen LogP contribution in [0.5, 0.6) is 0 Å². The summed E-state index contributed by atoms with van der Waals surface area (Å²) in [6, 6.07) is 8.04. The lowest BCUT2D eigenvalue weighted by atomic mass is 9.86. The Labute approximate surface area is 139 Å². The summed E-state index contributed by atoms with van der Waals surface area (Å²) in [5, 5.41) is 10.1. The van der Waals surface area contributed by atoms with E-state index in [-0.39, 0.29) is 11.5 Å². The lowest BCUT2D eigenvalue weighted by Gasteiger charge is -2.17. The summed E-state index contributed by atoms with van der Waals surface area (Å²) in [5.41, 5.74) is 1.02. The van der Waals surface area contributed by atoms with Crippen LogP contribution in [0.4, 0.5) is 0 Å². The minimum atomic E-state index is -0.969. The average Bonchev–Trinajstić information content (AvgIpc) is 2.50. The molecule has 0 aromatic heterocycles. The molecule has 0 heterocycles. The summed E-state index contributed by atoms with van der Waals surface area (Å²) >= 11 is 0. The summed E-state index contributed by atoms with van der Waals surface area (Å²) in [4.78, 5) is 24.6. The number of rotatable bonds is 7. The van der Waals surface area contributed by atoms with Gasteiger partial charge in [-0.2, -0.15) is 0 Å². The van der Waals surface area contributed by atoms with Gasteiger partial charge in [-0.15, -0.1) is 0 Å². The summed E-state index contributed by atoms with van der Waals surface area (Å²) in [6.45, 7) is 7.12. The normalized spacial score (nSPS) is 15.1. The van der Waals surface area contributed by atoms with Gasteiger partial charge in [0, 0.05) is 24.8 Å². The van der Waals surface area contributed by atoms with Crippen LogP contribution in [0.15, 0.2) is 35.6 Å². The molecule has 0 saturated carbocycles. The molecule has 0 spiro atoms. The van der Waals surface area contributed by atoms with E-state index in [0.29, 0.717) is 23.1 Å². The molecule has 4 heteroatoms. The second kappa shape index (κ2) is 7.26. The van der Waals surface area contributed by atoms with Crippen LogP contribution in [-0.2, 0) is 0 Å². The minimum Gasteiger partial charge on any atom is -0.504 e. The van der Waals surface area contributed by atoms with Crippen LogP contribution in [0.25, 0.3) is 0 Å². The smallest absolute Gasteiger partial charge is 0.228 e. The van der Waals surface area contributed by atoms with Gasteiger partial charge < -0.3 is 5.11 Å². The molecule has 1 aromatic carbocycles. The maximum atomic E-state index is 12.5. The van der Waals surface area contributed by atoms with Crippen molar-refractivity contribution in [3.05, 3.63) is 46.7 Å². The number of hydrogen-bond acceptors (Lipinski definition) is 3. The van der Waals surface area contributed by atoms with Crippen molar-refractivity contribution in [3.8, 4) is 0 Å². The van der Waals surface area contributed by atoms with E-state index in [1.54, 1.807) is 24.3 Å². The molecule has 3 nitrogen and oxygen atoms in total. The van der Waals surface area contributed by atoms with E-state index in [9.17, 15) is 14.7 Å². The molecule has 1 aliphatic carbocycles. The van der Waals surface area contributed by atoms with E-state index >= 15 is 0 Å². The molecule has 0 amide bonds. The molecule has 0 unspecified atom stereocenters. The van der Waals surface area contributed by atoms with Crippen molar-refractivity contribution in [2.24, 2.45) is 0 Å². The first kappa shape index (κ1) is 17.7. The lowest BCUT2D eigenvalue weighted by Crippen LogP contribution is -2.22. The monoisotopic (exact) mass is 330 g/mol. The number of aliphatic hydroxyl groups is 1. The van der Waals surface area contributed by atoms with Crippen LogP contribution in [-0.4, -0.2) is 24.7 Å². The van der Waals surface area contributed by atoms with Gasteiger partial charge in [-0.1, -0.05) is 69.2 Å². The van der Waals surface area contributed by atoms with Gasteiger partial charge in [0.15, 0.2) is 11.5 Å². The van der Waals surface area contributed by atoms with E-state index in [1.165, 1.54) is 12.5 Å². The molecular weight excluding hydrogens is 304 g/mol. The molecule has 124 valence electrons. The molecule has 23 heavy (non-hydrogen) atoms. The molecule has 0 saturated heterocycles. The molecule has 0 fully saturated rings. The first-order chi connectivity index (χ1) is 10.8. The van der Waals surface area contributed by atoms with Gasteiger partial charge in [0.1, 0.15) is 0 Å². The van der Waals surface area contributed by atoms with Crippen molar-refractivity contribution in [3.63, 3.8) is 0 Å². The Morgan fingerprint density at radius 1 is 0.870 bits per heavy atom. The van der Waals surface area contributed by atoms with E-state index < -0.39 is 13.9 Å². The van der Waals surface area contributed by atoms with Crippen molar-refractivity contribution in [2.45, 2.75) is 57.8 Å². The van der Waals surface area contributed by atoms with Gasteiger partial charge in [0.2, 0.25) is 5.78 Å². The van der Waals surface area contributed by atoms with Gasteiger partial charge in [0.05, 0.1) is 0 Å². The third-order valence-electron chi connectivity index (χ3n) is 4.29. The van der Waals surface area contributed by atoms with Gasteiger partial charge in [-0.05, 0) is 12.8 Å². The first-order valence-corrected chi connectivity index (χ1v) is 12.1. The minimum absolute atomic E-state index is 0.195. The summed E-state index contributed by atoms with van der Waals surface area (Å²) in [7, 11) is -0.969. The quantitative estimate of drug-likeness (QED) is 0.554. The molecule has 1 N–H and O–H groups in total. The molecule has 1 aromatic rings. The number of hydrogen-bond donors (Lipinski definition) is 1. The molecule has 0 atom stereocenters. The molecule has 0 radical (unpaired) electrons. The average molecular weight is 330 g/mol. The van der Waals surface area contributed by atoms with Crippen molar-refractivity contribution < 1.29 is 14.7 Å². The Kier molecular flexibility index (Phi) is 5.58. The maximum absolute atomic E-state index is 12.5. The summed E-state index contributed by atoms with van der Waals surface area (Å²) in [5.74, 6) is -0.968. The van der Waals surface area contributed by atoms with Gasteiger partial charge in [-0.3, -0.25) is 9.59 Å². The highest BCUT2D eigenvalue weighted by Gasteiger charge is 2.31. The second-order valence-electron chi connectivity index (χ2n) is 7.51. The number of unbranched alkanes of at least 4 members (excludes halogenated alkanes) is 3. The van der Waals surface area contributed by atoms with Gasteiger partial charge in [0.25, 0.3) is 0 Å². The Balaban J connectivity index is 1.92. The number of carbonyl (C=O) groups is 2. The second-order valence-corrected chi connectivity index (χ2v) is 13.1. The molecule has 0 bridgehead atoms. The largest absolute Gasteiger partial charge is 0.504 e. The van der Waals surface area contributed by atoms with Crippen LogP contribution < -0.4 is 0 Å². The van der Waals surface area contributed by atoms with Crippen LogP contribution in [0.1, 0.15) is 52.8 Å². The Morgan fingerprint density at radius 3 is 2.04 bits per heavy atom. The van der Waals surface area contributed by atoms with Crippen LogP contribution in [0.2, 0.25) is 25.7 Å². The fourth-order valence-corrected chi connectivity index (χ4v) is 4.27. The Morgan fingerprint density at radius 2 is 1.43 bits per heavy atom. The number of benzene rings is 1. The molecular formula is C19H26O3Si. The zero-order valence-electron chi connectivity index (χ0n) is 14.3. The Hall–Kier alpha value is -1.68. The van der Waals surface area contributed by atoms with E-state index in [2.05, 4.69) is 19.6 Å². The third kappa shape index (κ3) is 4.41. The highest BCUT2D eigenvalue weighted by molar-refractivity contribution is 6.76. The summed E-state index contributed by atoms with van der Waals surface area (Å²) in [6.07, 6.45) is 4.74. The van der Waals surface area contributed by atoms with Crippen LogP contribution >= 0.6 is 0 Å².